The van der Waals surface area contributed by atoms with Gasteiger partial charge in [-0.15, -0.1) is 0 Å². The Morgan fingerprint density at radius 1 is 1.92 bits per heavy atom. The SMILES string of the molecule is CCC(Br)C(=O)Nc1cnoc1. The molecule has 0 spiro atoms. The van der Waals surface area contributed by atoms with Crippen LogP contribution in [0.5, 0.6) is 0 Å². The molecule has 0 fully saturated rings. The number of hydrogen-bond acceptors (Lipinski definition) is 3. The van der Waals surface area contributed by atoms with Crippen LogP contribution in [0.25, 0.3) is 0 Å². The number of amides is 1. The van der Waals surface area contributed by atoms with E-state index in [1.807, 2.05) is 6.92 Å². The van der Waals surface area contributed by atoms with Crippen molar-refractivity contribution >= 4 is 27.5 Å². The molecule has 66 valence electrons. The van der Waals surface area contributed by atoms with Crippen LogP contribution in [0.3, 0.4) is 0 Å². The predicted molar refractivity (Wildman–Crippen MR) is 48.1 cm³/mol. The van der Waals surface area contributed by atoms with Crippen LogP contribution in [-0.4, -0.2) is 15.9 Å². The number of nitrogens with one attached hydrogen (secondary N) is 1. The summed E-state index contributed by atoms with van der Waals surface area (Å²) in [5.74, 6) is -0.0827. The molecule has 0 saturated heterocycles. The molecule has 0 aliphatic rings. The van der Waals surface area contributed by atoms with Crippen molar-refractivity contribution in [1.29, 1.82) is 0 Å². The van der Waals surface area contributed by atoms with E-state index in [4.69, 9.17) is 0 Å². The maximum atomic E-state index is 11.2. The average molecular weight is 233 g/mol. The third-order valence-electron chi connectivity index (χ3n) is 1.34. The Bertz CT molecular complexity index is 248. The fourth-order valence-corrected chi connectivity index (χ4v) is 0.787. The molecule has 1 atom stereocenters. The topological polar surface area (TPSA) is 55.1 Å². The summed E-state index contributed by atoms with van der Waals surface area (Å²) in [6.45, 7) is 1.92. The van der Waals surface area contributed by atoms with Crippen LogP contribution < -0.4 is 5.32 Å². The summed E-state index contributed by atoms with van der Waals surface area (Å²) in [7, 11) is 0. The molecule has 1 amide bonds. The number of aromatic nitrogens is 1. The summed E-state index contributed by atoms with van der Waals surface area (Å²) in [5.41, 5.74) is 0.581. The first-order valence-corrected chi connectivity index (χ1v) is 4.50. The normalized spacial score (nSPS) is 12.5. The highest BCUT2D eigenvalue weighted by Crippen LogP contribution is 2.09. The third kappa shape index (κ3) is 2.34. The maximum Gasteiger partial charge on any atom is 0.238 e. The van der Waals surface area contributed by atoms with E-state index in [0.717, 1.165) is 6.42 Å². The zero-order chi connectivity index (χ0) is 8.97. The molecule has 12 heavy (non-hydrogen) atoms. The van der Waals surface area contributed by atoms with Crippen molar-refractivity contribution in [2.45, 2.75) is 18.2 Å². The summed E-state index contributed by atoms with van der Waals surface area (Å²) < 4.78 is 4.55. The van der Waals surface area contributed by atoms with Crippen LogP contribution >= 0.6 is 15.9 Å². The molecule has 5 heteroatoms. The smallest absolute Gasteiger partial charge is 0.238 e. The molecule has 0 radical (unpaired) electrons. The second-order valence-electron chi connectivity index (χ2n) is 2.28. The molecule has 0 saturated carbocycles. The minimum absolute atomic E-state index is 0.0827. The van der Waals surface area contributed by atoms with E-state index in [1.54, 1.807) is 0 Å². The van der Waals surface area contributed by atoms with Gasteiger partial charge in [-0.3, -0.25) is 4.79 Å². The Hall–Kier alpha value is -0.840. The van der Waals surface area contributed by atoms with Gasteiger partial charge < -0.3 is 9.84 Å². The Balaban J connectivity index is 2.47. The number of alkyl halides is 1. The molecular weight excluding hydrogens is 224 g/mol. The lowest BCUT2D eigenvalue weighted by Crippen LogP contribution is -2.21. The van der Waals surface area contributed by atoms with Crippen molar-refractivity contribution in [3.05, 3.63) is 12.5 Å². The van der Waals surface area contributed by atoms with E-state index in [0.29, 0.717) is 5.69 Å². The monoisotopic (exact) mass is 232 g/mol. The van der Waals surface area contributed by atoms with Crippen LogP contribution in [0.1, 0.15) is 13.3 Å². The first kappa shape index (κ1) is 9.25. The zero-order valence-electron chi connectivity index (χ0n) is 6.58. The van der Waals surface area contributed by atoms with Crippen molar-refractivity contribution < 1.29 is 9.32 Å². The van der Waals surface area contributed by atoms with E-state index in [1.165, 1.54) is 12.5 Å². The molecule has 0 aromatic carbocycles. The van der Waals surface area contributed by atoms with Crippen molar-refractivity contribution in [1.82, 2.24) is 5.16 Å². The maximum absolute atomic E-state index is 11.2. The Morgan fingerprint density at radius 2 is 2.67 bits per heavy atom. The lowest BCUT2D eigenvalue weighted by Gasteiger charge is -2.04. The highest BCUT2D eigenvalue weighted by molar-refractivity contribution is 9.10. The zero-order valence-corrected chi connectivity index (χ0v) is 8.17. The largest absolute Gasteiger partial charge is 0.363 e. The first-order valence-electron chi connectivity index (χ1n) is 3.58. The summed E-state index contributed by atoms with van der Waals surface area (Å²) in [6, 6.07) is 0. The number of carbonyl (C=O) groups is 1. The van der Waals surface area contributed by atoms with Crippen LogP contribution in [-0.2, 0) is 4.79 Å². The van der Waals surface area contributed by atoms with Gasteiger partial charge in [-0.2, -0.15) is 0 Å². The molecule has 1 unspecified atom stereocenters. The quantitative estimate of drug-likeness (QED) is 0.809. The van der Waals surface area contributed by atoms with Gasteiger partial charge in [-0.05, 0) is 6.42 Å². The fraction of sp³-hybridized carbons (Fsp3) is 0.429. The van der Waals surface area contributed by atoms with Crippen molar-refractivity contribution in [2.24, 2.45) is 0 Å². The standard InChI is InChI=1S/C7H9BrN2O2/c1-2-6(8)7(11)10-5-3-9-12-4-5/h3-4,6H,2H2,1H3,(H,10,11). The molecule has 4 nitrogen and oxygen atoms in total. The number of halogens is 1. The Morgan fingerprint density at radius 3 is 3.17 bits per heavy atom. The second kappa shape index (κ2) is 4.25. The summed E-state index contributed by atoms with van der Waals surface area (Å²) in [5, 5.41) is 6.09. The second-order valence-corrected chi connectivity index (χ2v) is 3.38. The third-order valence-corrected chi connectivity index (χ3v) is 2.41. The summed E-state index contributed by atoms with van der Waals surface area (Å²) in [6.07, 6.45) is 3.58. The van der Waals surface area contributed by atoms with Crippen molar-refractivity contribution in [3.63, 3.8) is 0 Å². The lowest BCUT2D eigenvalue weighted by atomic mass is 10.3. The van der Waals surface area contributed by atoms with E-state index >= 15 is 0 Å². The Labute approximate surface area is 78.4 Å². The highest BCUT2D eigenvalue weighted by Gasteiger charge is 2.12. The van der Waals surface area contributed by atoms with Crippen LogP contribution in [0.4, 0.5) is 5.69 Å². The molecule has 1 rings (SSSR count). The van der Waals surface area contributed by atoms with Gasteiger partial charge in [0.05, 0.1) is 11.0 Å². The summed E-state index contributed by atoms with van der Waals surface area (Å²) >= 11 is 3.22. The van der Waals surface area contributed by atoms with Gasteiger partial charge in [0.15, 0.2) is 0 Å². The molecular formula is C7H9BrN2O2. The van der Waals surface area contributed by atoms with Gasteiger partial charge in [0.1, 0.15) is 12.0 Å². The van der Waals surface area contributed by atoms with E-state index in [-0.39, 0.29) is 10.7 Å². The number of anilines is 1. The average Bonchev–Trinajstić information content (AvgIpc) is 2.55. The van der Waals surface area contributed by atoms with E-state index < -0.39 is 0 Å². The molecule has 1 aromatic heterocycles. The molecule has 1 heterocycles. The van der Waals surface area contributed by atoms with Gasteiger partial charge in [0.25, 0.3) is 0 Å². The molecule has 0 bridgehead atoms. The first-order chi connectivity index (χ1) is 5.74. The summed E-state index contributed by atoms with van der Waals surface area (Å²) in [4.78, 5) is 11.1. The van der Waals surface area contributed by atoms with Gasteiger partial charge in [-0.1, -0.05) is 28.0 Å². The number of hydrogen-bond donors (Lipinski definition) is 1. The minimum atomic E-state index is -0.160. The number of carbonyl (C=O) groups excluding carboxylic acids is 1. The van der Waals surface area contributed by atoms with Crippen LogP contribution in [0.2, 0.25) is 0 Å². The Kier molecular flexibility index (Phi) is 3.28. The molecule has 1 aromatic rings. The van der Waals surface area contributed by atoms with Gasteiger partial charge in [0, 0.05) is 0 Å². The van der Waals surface area contributed by atoms with E-state index in [9.17, 15) is 4.79 Å². The fourth-order valence-electron chi connectivity index (χ4n) is 0.673. The molecule has 1 N–H and O–H groups in total. The van der Waals surface area contributed by atoms with Crippen molar-refractivity contribution in [2.75, 3.05) is 5.32 Å². The van der Waals surface area contributed by atoms with Gasteiger partial charge in [0.2, 0.25) is 5.91 Å². The molecule has 0 aliphatic heterocycles. The number of nitrogens with zero attached hydrogens (tertiary/aromatic N) is 1. The van der Waals surface area contributed by atoms with Gasteiger partial charge >= 0.3 is 0 Å². The highest BCUT2D eigenvalue weighted by atomic mass is 79.9. The molecule has 0 aliphatic carbocycles. The number of rotatable bonds is 3. The van der Waals surface area contributed by atoms with Crippen LogP contribution in [0, 0.1) is 0 Å². The van der Waals surface area contributed by atoms with Gasteiger partial charge in [-0.25, -0.2) is 0 Å². The predicted octanol–water partition coefficient (Wildman–Crippen LogP) is 1.79. The van der Waals surface area contributed by atoms with E-state index in [2.05, 4.69) is 30.9 Å². The van der Waals surface area contributed by atoms with Crippen LogP contribution in [0.15, 0.2) is 17.0 Å². The lowest BCUT2D eigenvalue weighted by molar-refractivity contribution is -0.115. The minimum Gasteiger partial charge on any atom is -0.363 e. The van der Waals surface area contributed by atoms with Crippen molar-refractivity contribution in [3.8, 4) is 0 Å².